The highest BCUT2D eigenvalue weighted by Gasteiger charge is 2.87. The van der Waals surface area contributed by atoms with Crippen LogP contribution in [0, 0.1) is 16.7 Å². The van der Waals surface area contributed by atoms with Gasteiger partial charge >= 0.3 is 9.24 Å². The van der Waals surface area contributed by atoms with E-state index in [1.807, 2.05) is 30.4 Å². The first-order chi connectivity index (χ1) is 7.95. The smallest absolute Gasteiger partial charge is 0.273 e. The fraction of sp³-hybridized carbons (Fsp3) is 0.364. The second-order valence-electron chi connectivity index (χ2n) is 4.90. The van der Waals surface area contributed by atoms with Gasteiger partial charge in [-0.05, 0) is 0 Å². The van der Waals surface area contributed by atoms with Gasteiger partial charge in [0.15, 0.2) is 0 Å². The zero-order valence-electron chi connectivity index (χ0n) is 8.58. The molecule has 2 fully saturated rings. The molecule has 1 amide bonds. The fourth-order valence-corrected chi connectivity index (χ4v) is 5.20. The maximum absolute atomic E-state index is 12.2. The molecule has 1 spiro atoms. The summed E-state index contributed by atoms with van der Waals surface area (Å²) < 4.78 is 23.7. The van der Waals surface area contributed by atoms with E-state index in [4.69, 9.17) is 10.7 Å². The average molecular weight is 270 g/mol. The Labute approximate surface area is 103 Å². The van der Waals surface area contributed by atoms with Gasteiger partial charge in [0.05, 0.1) is 12.0 Å². The van der Waals surface area contributed by atoms with E-state index in [0.29, 0.717) is 0 Å². The lowest BCUT2D eigenvalue weighted by molar-refractivity contribution is -0.126. The number of allylic oxidation sites excluding steroid dienone is 4. The van der Waals surface area contributed by atoms with Gasteiger partial charge in [-0.15, -0.1) is 0 Å². The van der Waals surface area contributed by atoms with Crippen molar-refractivity contribution in [1.82, 2.24) is 4.31 Å². The standard InChI is InChI=1S/C11H8ClNO3S/c12-17(15,16)13-7-3-6-10-4-1-2-5-11(7,10)8(10)9(13)14/h1-8H/t7-,8+,10+,11+/m0/s1. The zero-order chi connectivity index (χ0) is 12.1. The van der Waals surface area contributed by atoms with Crippen molar-refractivity contribution in [3.05, 3.63) is 36.5 Å². The molecule has 4 rings (SSSR count). The van der Waals surface area contributed by atoms with Gasteiger partial charge in [-0.3, -0.25) is 4.79 Å². The number of halogens is 1. The number of carbonyl (C=O) groups excluding carboxylic acids is 1. The molecule has 0 aromatic rings. The predicted molar refractivity (Wildman–Crippen MR) is 61.2 cm³/mol. The molecule has 4 nitrogen and oxygen atoms in total. The Balaban J connectivity index is 1.95. The third-order valence-corrected chi connectivity index (χ3v) is 5.80. The van der Waals surface area contributed by atoms with Gasteiger partial charge in [0, 0.05) is 21.5 Å². The molecule has 0 N–H and O–H groups in total. The van der Waals surface area contributed by atoms with Crippen LogP contribution in [-0.2, 0) is 14.0 Å². The molecule has 0 radical (unpaired) electrons. The lowest BCUT2D eigenvalue weighted by Gasteiger charge is -2.27. The van der Waals surface area contributed by atoms with Crippen LogP contribution in [0.1, 0.15) is 0 Å². The van der Waals surface area contributed by atoms with Crippen LogP contribution in [0.4, 0.5) is 0 Å². The minimum Gasteiger partial charge on any atom is -0.273 e. The molecule has 0 aromatic heterocycles. The van der Waals surface area contributed by atoms with E-state index in [2.05, 4.69) is 0 Å². The SMILES string of the molecule is O=C1[C@@H]2[C@]34C=CC=C[C@@]23[C@H](C=C4)N1S(=O)(=O)Cl. The number of nitrogens with zero attached hydrogens (tertiary/aromatic N) is 1. The van der Waals surface area contributed by atoms with Crippen molar-refractivity contribution in [2.75, 3.05) is 0 Å². The molecule has 1 saturated carbocycles. The first-order valence-electron chi connectivity index (χ1n) is 5.29. The molecule has 0 unspecified atom stereocenters. The van der Waals surface area contributed by atoms with Gasteiger partial charge in [-0.2, -0.15) is 8.42 Å². The number of hydrogen-bond donors (Lipinski definition) is 0. The van der Waals surface area contributed by atoms with Crippen molar-refractivity contribution in [1.29, 1.82) is 0 Å². The third kappa shape index (κ3) is 0.770. The Morgan fingerprint density at radius 2 is 1.94 bits per heavy atom. The highest BCUT2D eigenvalue weighted by Crippen LogP contribution is 2.82. The Hall–Kier alpha value is -1.07. The largest absolute Gasteiger partial charge is 0.324 e. The van der Waals surface area contributed by atoms with E-state index in [1.165, 1.54) is 0 Å². The summed E-state index contributed by atoms with van der Waals surface area (Å²) in [6.07, 6.45) is 11.4. The Kier molecular flexibility index (Phi) is 1.38. The van der Waals surface area contributed by atoms with Gasteiger partial charge in [-0.1, -0.05) is 36.5 Å². The van der Waals surface area contributed by atoms with Gasteiger partial charge < -0.3 is 0 Å². The zero-order valence-corrected chi connectivity index (χ0v) is 10.1. The average Bonchev–Trinajstić information content (AvgIpc) is 2.64. The second kappa shape index (κ2) is 2.37. The van der Waals surface area contributed by atoms with Crippen LogP contribution < -0.4 is 0 Å². The monoisotopic (exact) mass is 269 g/mol. The summed E-state index contributed by atoms with van der Waals surface area (Å²) in [5.74, 6) is -0.681. The lowest BCUT2D eigenvalue weighted by Crippen LogP contribution is -2.41. The van der Waals surface area contributed by atoms with Crippen molar-refractivity contribution in [2.45, 2.75) is 6.04 Å². The van der Waals surface area contributed by atoms with E-state index < -0.39 is 20.7 Å². The highest BCUT2D eigenvalue weighted by atomic mass is 35.7. The van der Waals surface area contributed by atoms with Crippen LogP contribution in [0.3, 0.4) is 0 Å². The minimum absolute atomic E-state index is 0.290. The molecule has 1 aliphatic heterocycles. The van der Waals surface area contributed by atoms with E-state index in [0.717, 1.165) is 4.31 Å². The van der Waals surface area contributed by atoms with Gasteiger partial charge in [0.1, 0.15) is 0 Å². The van der Waals surface area contributed by atoms with Crippen molar-refractivity contribution in [2.24, 2.45) is 16.7 Å². The van der Waals surface area contributed by atoms with Gasteiger partial charge in [-0.25, -0.2) is 4.31 Å². The van der Waals surface area contributed by atoms with Crippen LogP contribution in [0.15, 0.2) is 36.5 Å². The summed E-state index contributed by atoms with van der Waals surface area (Å²) in [7, 11) is 1.34. The van der Waals surface area contributed by atoms with E-state index in [-0.39, 0.29) is 17.2 Å². The second-order valence-corrected chi connectivity index (χ2v) is 7.28. The van der Waals surface area contributed by atoms with E-state index >= 15 is 0 Å². The summed E-state index contributed by atoms with van der Waals surface area (Å²) in [6.45, 7) is 0. The summed E-state index contributed by atoms with van der Waals surface area (Å²) in [6, 6.07) is -0.455. The number of piperidine rings is 1. The molecule has 4 atom stereocenters. The topological polar surface area (TPSA) is 54.5 Å². The molecule has 3 aliphatic carbocycles. The van der Waals surface area contributed by atoms with Crippen molar-refractivity contribution in [3.8, 4) is 0 Å². The maximum atomic E-state index is 12.2. The quantitative estimate of drug-likeness (QED) is 0.527. The van der Waals surface area contributed by atoms with Crippen LogP contribution in [-0.4, -0.2) is 24.7 Å². The molecule has 0 bridgehead atoms. The lowest BCUT2D eigenvalue weighted by atomic mass is 9.89. The van der Waals surface area contributed by atoms with Gasteiger partial charge in [0.2, 0.25) is 5.91 Å². The van der Waals surface area contributed by atoms with Gasteiger partial charge in [0.25, 0.3) is 0 Å². The van der Waals surface area contributed by atoms with E-state index in [9.17, 15) is 13.2 Å². The Bertz CT molecular complexity index is 650. The minimum atomic E-state index is -4.00. The first-order valence-corrected chi connectivity index (χ1v) is 7.56. The number of amides is 1. The summed E-state index contributed by atoms with van der Waals surface area (Å²) in [5.41, 5.74) is -0.692. The molecular formula is C11H8ClNO3S. The molecule has 17 heavy (non-hydrogen) atoms. The van der Waals surface area contributed by atoms with Crippen LogP contribution in [0.25, 0.3) is 0 Å². The highest BCUT2D eigenvalue weighted by molar-refractivity contribution is 8.12. The number of hydrogen-bond acceptors (Lipinski definition) is 3. The molecule has 88 valence electrons. The van der Waals surface area contributed by atoms with Crippen LogP contribution >= 0.6 is 10.7 Å². The fourth-order valence-electron chi connectivity index (χ4n) is 3.90. The van der Waals surface area contributed by atoms with Crippen LogP contribution in [0.5, 0.6) is 0 Å². The molecule has 1 heterocycles. The molecule has 4 aliphatic rings. The summed E-state index contributed by atoms with van der Waals surface area (Å²) >= 11 is 0. The normalized spacial score (nSPS) is 48.5. The molecule has 1 saturated heterocycles. The third-order valence-electron chi connectivity index (χ3n) is 4.47. The Morgan fingerprint density at radius 3 is 2.65 bits per heavy atom. The number of rotatable bonds is 1. The summed E-state index contributed by atoms with van der Waals surface area (Å²) in [4.78, 5) is 12.2. The summed E-state index contributed by atoms with van der Waals surface area (Å²) in [5, 5.41) is 0. The number of carbonyl (C=O) groups is 1. The molecule has 6 heteroatoms. The van der Waals surface area contributed by atoms with Crippen molar-refractivity contribution < 1.29 is 13.2 Å². The molecular weight excluding hydrogens is 262 g/mol. The first kappa shape index (κ1) is 9.91. The van der Waals surface area contributed by atoms with Crippen LogP contribution in [0.2, 0.25) is 0 Å². The molecule has 0 aromatic carbocycles. The predicted octanol–water partition coefficient (Wildman–Crippen LogP) is 0.979. The van der Waals surface area contributed by atoms with Crippen molar-refractivity contribution in [3.63, 3.8) is 0 Å². The Morgan fingerprint density at radius 1 is 1.24 bits per heavy atom. The maximum Gasteiger partial charge on any atom is 0.324 e. The van der Waals surface area contributed by atoms with Crippen molar-refractivity contribution >= 4 is 25.8 Å². The van der Waals surface area contributed by atoms with E-state index in [1.54, 1.807) is 6.08 Å².